The van der Waals surface area contributed by atoms with Crippen LogP contribution in [0.4, 0.5) is 4.39 Å². The maximum atomic E-state index is 12.9. The van der Waals surface area contributed by atoms with Crippen molar-refractivity contribution in [3.8, 4) is 5.75 Å². The van der Waals surface area contributed by atoms with Crippen LogP contribution in [0.5, 0.6) is 5.75 Å². The molecule has 1 unspecified atom stereocenters. The Kier molecular flexibility index (Phi) is 9.50. The minimum absolute atomic E-state index is 0.121. The van der Waals surface area contributed by atoms with E-state index in [2.05, 4.69) is 10.6 Å². The van der Waals surface area contributed by atoms with Crippen LogP contribution in [0.2, 0.25) is 0 Å². The lowest BCUT2D eigenvalue weighted by Crippen LogP contribution is -2.43. The van der Waals surface area contributed by atoms with Crippen LogP contribution in [0.3, 0.4) is 0 Å². The number of hydrogen-bond acceptors (Lipinski definition) is 4. The van der Waals surface area contributed by atoms with E-state index in [0.29, 0.717) is 18.3 Å². The Hall–Kier alpha value is -1.86. The number of guanidine groups is 1. The molecule has 1 aromatic rings. The number of hydrogen-bond donors (Lipinski definition) is 3. The van der Waals surface area contributed by atoms with Crippen LogP contribution in [0.25, 0.3) is 0 Å². The predicted octanol–water partition coefficient (Wildman–Crippen LogP) is 2.72. The SMILES string of the molecule is CCNC(=NCC1(CCOC)CCCC1)NCC(O)COc1ccc(F)cc1. The number of methoxy groups -OCH3 is 1. The normalized spacial score (nSPS) is 17.4. The van der Waals surface area contributed by atoms with Gasteiger partial charge in [0.2, 0.25) is 0 Å². The molecule has 2 rings (SSSR count). The quantitative estimate of drug-likeness (QED) is 0.397. The molecule has 0 heterocycles. The summed E-state index contributed by atoms with van der Waals surface area (Å²) < 4.78 is 23.7. The van der Waals surface area contributed by atoms with Gasteiger partial charge in [-0.2, -0.15) is 0 Å². The molecule has 1 aromatic carbocycles. The number of nitrogens with one attached hydrogen (secondary N) is 2. The van der Waals surface area contributed by atoms with E-state index >= 15 is 0 Å². The minimum atomic E-state index is -0.706. The summed E-state index contributed by atoms with van der Waals surface area (Å²) in [6.07, 6.45) is 5.20. The first-order valence-corrected chi connectivity index (χ1v) is 10.1. The van der Waals surface area contributed by atoms with Crippen molar-refractivity contribution in [3.05, 3.63) is 30.1 Å². The van der Waals surface area contributed by atoms with Crippen molar-refractivity contribution in [1.82, 2.24) is 10.6 Å². The van der Waals surface area contributed by atoms with E-state index in [9.17, 15) is 9.50 Å². The zero-order valence-electron chi connectivity index (χ0n) is 17.0. The number of rotatable bonds is 11. The Labute approximate surface area is 167 Å². The van der Waals surface area contributed by atoms with Gasteiger partial charge in [0, 0.05) is 33.4 Å². The molecule has 0 bridgehead atoms. The predicted molar refractivity (Wildman–Crippen MR) is 109 cm³/mol. The van der Waals surface area contributed by atoms with Gasteiger partial charge in [0.15, 0.2) is 5.96 Å². The molecule has 1 fully saturated rings. The molecular formula is C21H34FN3O3. The molecule has 1 atom stereocenters. The van der Waals surface area contributed by atoms with Crippen LogP contribution in [-0.2, 0) is 4.74 Å². The van der Waals surface area contributed by atoms with E-state index in [1.54, 1.807) is 19.2 Å². The summed E-state index contributed by atoms with van der Waals surface area (Å²) >= 11 is 0. The number of benzene rings is 1. The van der Waals surface area contributed by atoms with E-state index in [0.717, 1.165) is 26.1 Å². The van der Waals surface area contributed by atoms with Crippen LogP contribution < -0.4 is 15.4 Å². The number of halogens is 1. The lowest BCUT2D eigenvalue weighted by atomic mass is 9.83. The fourth-order valence-corrected chi connectivity index (χ4v) is 3.52. The molecule has 0 aromatic heterocycles. The van der Waals surface area contributed by atoms with Crippen LogP contribution in [0.1, 0.15) is 39.0 Å². The molecule has 1 saturated carbocycles. The average Bonchev–Trinajstić information content (AvgIpc) is 3.17. The van der Waals surface area contributed by atoms with Gasteiger partial charge in [-0.25, -0.2) is 4.39 Å². The lowest BCUT2D eigenvalue weighted by Gasteiger charge is -2.27. The molecule has 28 heavy (non-hydrogen) atoms. The van der Waals surface area contributed by atoms with Crippen molar-refractivity contribution in [1.29, 1.82) is 0 Å². The topological polar surface area (TPSA) is 75.1 Å². The highest BCUT2D eigenvalue weighted by Gasteiger charge is 2.33. The third-order valence-corrected chi connectivity index (χ3v) is 5.18. The molecular weight excluding hydrogens is 361 g/mol. The third kappa shape index (κ3) is 7.64. The third-order valence-electron chi connectivity index (χ3n) is 5.18. The number of aliphatic imine (C=N–C) groups is 1. The van der Waals surface area contributed by atoms with Gasteiger partial charge in [-0.15, -0.1) is 0 Å². The van der Waals surface area contributed by atoms with Gasteiger partial charge in [-0.1, -0.05) is 12.8 Å². The summed E-state index contributed by atoms with van der Waals surface area (Å²) in [5.41, 5.74) is 0.225. The summed E-state index contributed by atoms with van der Waals surface area (Å²) in [7, 11) is 1.74. The van der Waals surface area contributed by atoms with Crippen molar-refractivity contribution < 1.29 is 19.0 Å². The highest BCUT2D eigenvalue weighted by molar-refractivity contribution is 5.79. The Morgan fingerprint density at radius 3 is 2.61 bits per heavy atom. The number of aliphatic hydroxyl groups is 1. The zero-order chi connectivity index (χ0) is 20.2. The molecule has 1 aliphatic rings. The van der Waals surface area contributed by atoms with Gasteiger partial charge in [-0.05, 0) is 55.9 Å². The summed E-state index contributed by atoms with van der Waals surface area (Å²) in [4.78, 5) is 4.77. The fraction of sp³-hybridized carbons (Fsp3) is 0.667. The highest BCUT2D eigenvalue weighted by atomic mass is 19.1. The molecule has 3 N–H and O–H groups in total. The van der Waals surface area contributed by atoms with Crippen molar-refractivity contribution >= 4 is 5.96 Å². The average molecular weight is 396 g/mol. The molecule has 6 nitrogen and oxygen atoms in total. The first kappa shape index (κ1) is 22.4. The maximum absolute atomic E-state index is 12.9. The molecule has 0 aliphatic heterocycles. The summed E-state index contributed by atoms with van der Waals surface area (Å²) in [5.74, 6) is 0.918. The molecule has 7 heteroatoms. The van der Waals surface area contributed by atoms with Gasteiger partial charge in [-0.3, -0.25) is 4.99 Å². The Bertz CT molecular complexity index is 589. The zero-order valence-corrected chi connectivity index (χ0v) is 17.0. The monoisotopic (exact) mass is 395 g/mol. The van der Waals surface area contributed by atoms with E-state index in [1.165, 1.54) is 37.8 Å². The largest absolute Gasteiger partial charge is 0.491 e. The van der Waals surface area contributed by atoms with Gasteiger partial charge >= 0.3 is 0 Å². The van der Waals surface area contributed by atoms with Crippen LogP contribution in [0.15, 0.2) is 29.3 Å². The second-order valence-electron chi connectivity index (χ2n) is 7.44. The molecule has 0 spiro atoms. The van der Waals surface area contributed by atoms with Gasteiger partial charge in [0.25, 0.3) is 0 Å². The van der Waals surface area contributed by atoms with Crippen molar-refractivity contribution in [2.75, 3.05) is 40.0 Å². The number of nitrogens with zero attached hydrogens (tertiary/aromatic N) is 1. The minimum Gasteiger partial charge on any atom is -0.491 e. The molecule has 1 aliphatic carbocycles. The molecule has 0 radical (unpaired) electrons. The second kappa shape index (κ2) is 11.9. The maximum Gasteiger partial charge on any atom is 0.191 e. The van der Waals surface area contributed by atoms with Gasteiger partial charge < -0.3 is 25.2 Å². The molecule has 0 amide bonds. The summed E-state index contributed by atoms with van der Waals surface area (Å²) in [6.45, 7) is 4.72. The van der Waals surface area contributed by atoms with Gasteiger partial charge in [0.05, 0.1) is 0 Å². The van der Waals surface area contributed by atoms with E-state index < -0.39 is 6.10 Å². The standard InChI is InChI=1S/C21H34FN3O3/c1-3-23-20(25-16-21(12-13-27-2)10-4-5-11-21)24-14-18(26)15-28-19-8-6-17(22)7-9-19/h6-9,18,26H,3-5,10-16H2,1-2H3,(H2,23,24,25). The van der Waals surface area contributed by atoms with Crippen LogP contribution in [-0.4, -0.2) is 57.1 Å². The Balaban J connectivity index is 1.81. The molecule has 158 valence electrons. The number of aliphatic hydroxyl groups excluding tert-OH is 1. The van der Waals surface area contributed by atoms with Crippen LogP contribution in [0, 0.1) is 11.2 Å². The van der Waals surface area contributed by atoms with Crippen molar-refractivity contribution in [2.24, 2.45) is 10.4 Å². The first-order chi connectivity index (χ1) is 13.6. The van der Waals surface area contributed by atoms with E-state index in [-0.39, 0.29) is 17.8 Å². The summed E-state index contributed by atoms with van der Waals surface area (Å²) in [5, 5.41) is 16.6. The van der Waals surface area contributed by atoms with Crippen molar-refractivity contribution in [3.63, 3.8) is 0 Å². The second-order valence-corrected chi connectivity index (χ2v) is 7.44. The van der Waals surface area contributed by atoms with Crippen LogP contribution >= 0.6 is 0 Å². The molecule has 0 saturated heterocycles. The lowest BCUT2D eigenvalue weighted by molar-refractivity contribution is 0.110. The van der Waals surface area contributed by atoms with Crippen molar-refractivity contribution in [2.45, 2.75) is 45.1 Å². The highest BCUT2D eigenvalue weighted by Crippen LogP contribution is 2.41. The summed E-state index contributed by atoms with van der Waals surface area (Å²) in [6, 6.07) is 5.75. The van der Waals surface area contributed by atoms with E-state index in [1.807, 2.05) is 6.92 Å². The Morgan fingerprint density at radius 2 is 1.96 bits per heavy atom. The first-order valence-electron chi connectivity index (χ1n) is 10.1. The number of ether oxygens (including phenoxy) is 2. The smallest absolute Gasteiger partial charge is 0.191 e. The fourth-order valence-electron chi connectivity index (χ4n) is 3.52. The Morgan fingerprint density at radius 1 is 1.25 bits per heavy atom. The van der Waals surface area contributed by atoms with Gasteiger partial charge in [0.1, 0.15) is 24.3 Å². The van der Waals surface area contributed by atoms with E-state index in [4.69, 9.17) is 14.5 Å².